The number of carbonyl (C=O) groups is 2. The third-order valence-electron chi connectivity index (χ3n) is 6.63. The van der Waals surface area contributed by atoms with Gasteiger partial charge in [0.2, 0.25) is 0 Å². The fraction of sp³-hybridized carbons (Fsp3) is 0.290. The molecule has 0 saturated carbocycles. The standard InChI is InChI=1S/C31H34N2O5/c1-7-16-38-25-11-9-8-10-24(25)33-27(21-12-14-22(15-13-21)32(4)5)26(29(35)31(33)36)28(34)23-18-19(2)17-20(3)30(23)37-6/h8-15,17-18,27,34H,7,16H2,1-6H3/b28-26+. The number of methoxy groups -OCH3 is 1. The molecule has 1 heterocycles. The topological polar surface area (TPSA) is 79.3 Å². The maximum Gasteiger partial charge on any atom is 0.300 e. The highest BCUT2D eigenvalue weighted by molar-refractivity contribution is 6.52. The summed E-state index contributed by atoms with van der Waals surface area (Å²) in [6, 6.07) is 17.6. The third-order valence-corrected chi connectivity index (χ3v) is 6.63. The van der Waals surface area contributed by atoms with Crippen LogP contribution < -0.4 is 19.3 Å². The van der Waals surface area contributed by atoms with Gasteiger partial charge in [0.05, 0.1) is 36.6 Å². The Kier molecular flexibility index (Phi) is 7.76. The number of carbonyl (C=O) groups excluding carboxylic acids is 2. The maximum atomic E-state index is 13.7. The molecule has 0 aliphatic carbocycles. The van der Waals surface area contributed by atoms with Crippen LogP contribution in [0.4, 0.5) is 11.4 Å². The minimum absolute atomic E-state index is 0.00111. The Labute approximate surface area is 223 Å². The molecule has 1 aliphatic heterocycles. The zero-order chi connectivity index (χ0) is 27.6. The Morgan fingerprint density at radius 3 is 2.34 bits per heavy atom. The molecule has 3 aromatic carbocycles. The van der Waals surface area contributed by atoms with Crippen molar-refractivity contribution < 1.29 is 24.2 Å². The molecule has 0 bridgehead atoms. The molecule has 38 heavy (non-hydrogen) atoms. The van der Waals surface area contributed by atoms with Crippen LogP contribution in [0.1, 0.15) is 41.6 Å². The van der Waals surface area contributed by atoms with E-state index in [2.05, 4.69) is 0 Å². The van der Waals surface area contributed by atoms with E-state index in [1.165, 1.54) is 12.0 Å². The maximum absolute atomic E-state index is 13.7. The Morgan fingerprint density at radius 1 is 1.03 bits per heavy atom. The van der Waals surface area contributed by atoms with E-state index in [1.54, 1.807) is 24.3 Å². The van der Waals surface area contributed by atoms with Crippen molar-refractivity contribution in [3.05, 3.63) is 88.5 Å². The van der Waals surface area contributed by atoms with E-state index < -0.39 is 17.7 Å². The molecule has 198 valence electrons. The summed E-state index contributed by atoms with van der Waals surface area (Å²) >= 11 is 0. The summed E-state index contributed by atoms with van der Waals surface area (Å²) in [4.78, 5) is 30.7. The first-order valence-electron chi connectivity index (χ1n) is 12.6. The van der Waals surface area contributed by atoms with E-state index in [-0.39, 0.29) is 11.3 Å². The number of para-hydroxylation sites is 2. The molecule has 3 aromatic rings. The zero-order valence-corrected chi connectivity index (χ0v) is 22.7. The second-order valence-electron chi connectivity index (χ2n) is 9.63. The molecule has 0 aromatic heterocycles. The van der Waals surface area contributed by atoms with Gasteiger partial charge in [0.25, 0.3) is 11.7 Å². The van der Waals surface area contributed by atoms with Gasteiger partial charge in [0.15, 0.2) is 0 Å². The van der Waals surface area contributed by atoms with Gasteiger partial charge in [-0.1, -0.05) is 37.3 Å². The lowest BCUT2D eigenvalue weighted by molar-refractivity contribution is -0.132. The number of hydrogen-bond donors (Lipinski definition) is 1. The van der Waals surface area contributed by atoms with Crippen LogP contribution in [-0.2, 0) is 9.59 Å². The second-order valence-corrected chi connectivity index (χ2v) is 9.63. The molecule has 1 amide bonds. The Hall–Kier alpha value is -4.26. The number of benzene rings is 3. The molecule has 1 atom stereocenters. The van der Waals surface area contributed by atoms with Crippen LogP contribution in [0.3, 0.4) is 0 Å². The van der Waals surface area contributed by atoms with Crippen LogP contribution in [0, 0.1) is 13.8 Å². The van der Waals surface area contributed by atoms with E-state index in [4.69, 9.17) is 9.47 Å². The quantitative estimate of drug-likeness (QED) is 0.233. The van der Waals surface area contributed by atoms with Gasteiger partial charge in [-0.2, -0.15) is 0 Å². The fourth-order valence-corrected chi connectivity index (χ4v) is 4.89. The van der Waals surface area contributed by atoms with Crippen LogP contribution >= 0.6 is 0 Å². The second kappa shape index (κ2) is 11.0. The molecule has 1 aliphatic rings. The van der Waals surface area contributed by atoms with E-state index in [0.717, 1.165) is 23.2 Å². The van der Waals surface area contributed by atoms with Gasteiger partial charge >= 0.3 is 0 Å². The number of aliphatic hydroxyl groups is 1. The lowest BCUT2D eigenvalue weighted by Gasteiger charge is -2.27. The van der Waals surface area contributed by atoms with Crippen molar-refractivity contribution in [1.82, 2.24) is 0 Å². The van der Waals surface area contributed by atoms with Crippen molar-refractivity contribution in [3.8, 4) is 11.5 Å². The Morgan fingerprint density at radius 2 is 1.71 bits per heavy atom. The van der Waals surface area contributed by atoms with Gasteiger partial charge in [-0.3, -0.25) is 14.5 Å². The largest absolute Gasteiger partial charge is 0.507 e. The van der Waals surface area contributed by atoms with E-state index in [0.29, 0.717) is 34.9 Å². The van der Waals surface area contributed by atoms with Crippen molar-refractivity contribution in [3.63, 3.8) is 0 Å². The Bertz CT molecular complexity index is 1390. The van der Waals surface area contributed by atoms with E-state index in [1.807, 2.05) is 76.2 Å². The summed E-state index contributed by atoms with van der Waals surface area (Å²) in [6.07, 6.45) is 0.787. The number of hydrogen-bond acceptors (Lipinski definition) is 6. The number of Topliss-reactive ketones (excluding diaryl/α,β-unsaturated/α-hetero) is 1. The smallest absolute Gasteiger partial charge is 0.300 e. The first-order chi connectivity index (χ1) is 18.2. The number of aryl methyl sites for hydroxylation is 2. The zero-order valence-electron chi connectivity index (χ0n) is 22.7. The van der Waals surface area contributed by atoms with Gasteiger partial charge in [0, 0.05) is 19.8 Å². The minimum Gasteiger partial charge on any atom is -0.507 e. The Balaban J connectivity index is 1.99. The van der Waals surface area contributed by atoms with E-state index >= 15 is 0 Å². The van der Waals surface area contributed by atoms with Crippen LogP contribution in [0.2, 0.25) is 0 Å². The molecular formula is C31H34N2O5. The molecular weight excluding hydrogens is 480 g/mol. The molecule has 1 N–H and O–H groups in total. The van der Waals surface area contributed by atoms with Crippen molar-refractivity contribution in [1.29, 1.82) is 0 Å². The predicted molar refractivity (Wildman–Crippen MR) is 150 cm³/mol. The number of ketones is 1. The molecule has 0 spiro atoms. The molecule has 1 saturated heterocycles. The molecule has 1 fully saturated rings. The summed E-state index contributed by atoms with van der Waals surface area (Å²) in [5.41, 5.74) is 4.20. The van der Waals surface area contributed by atoms with Crippen molar-refractivity contribution >= 4 is 28.8 Å². The lowest BCUT2D eigenvalue weighted by Crippen LogP contribution is -2.30. The van der Waals surface area contributed by atoms with Gasteiger partial charge in [-0.05, 0) is 67.3 Å². The first-order valence-corrected chi connectivity index (χ1v) is 12.6. The average Bonchev–Trinajstić information content (AvgIpc) is 3.16. The number of ether oxygens (including phenoxy) is 2. The van der Waals surface area contributed by atoms with E-state index in [9.17, 15) is 14.7 Å². The lowest BCUT2D eigenvalue weighted by atomic mass is 9.93. The summed E-state index contributed by atoms with van der Waals surface area (Å²) in [7, 11) is 5.40. The monoisotopic (exact) mass is 514 g/mol. The van der Waals surface area contributed by atoms with Crippen LogP contribution in [0.5, 0.6) is 11.5 Å². The van der Waals surface area contributed by atoms with Gasteiger partial charge in [0.1, 0.15) is 17.3 Å². The predicted octanol–water partition coefficient (Wildman–Crippen LogP) is 5.79. The number of nitrogens with zero attached hydrogens (tertiary/aromatic N) is 2. The van der Waals surface area contributed by atoms with Gasteiger partial charge in [-0.25, -0.2) is 0 Å². The number of rotatable bonds is 8. The summed E-state index contributed by atoms with van der Waals surface area (Å²) in [5, 5.41) is 11.7. The molecule has 7 nitrogen and oxygen atoms in total. The number of amides is 1. The molecule has 4 rings (SSSR count). The summed E-state index contributed by atoms with van der Waals surface area (Å²) < 4.78 is 11.6. The van der Waals surface area contributed by atoms with Gasteiger partial charge < -0.3 is 19.5 Å². The summed E-state index contributed by atoms with van der Waals surface area (Å²) in [6.45, 7) is 6.24. The molecule has 1 unspecified atom stereocenters. The summed E-state index contributed by atoms with van der Waals surface area (Å²) in [5.74, 6) is -0.828. The number of anilines is 2. The van der Waals surface area contributed by atoms with Crippen LogP contribution in [-0.4, -0.2) is 44.6 Å². The SMILES string of the molecule is CCCOc1ccccc1N1C(=O)C(=O)/C(=C(/O)c2cc(C)cc(C)c2OC)C1c1ccc(N(C)C)cc1. The first kappa shape index (κ1) is 26.8. The number of aliphatic hydroxyl groups excluding tert-OH is 1. The van der Waals surface area contributed by atoms with Crippen molar-refractivity contribution in [2.24, 2.45) is 0 Å². The van der Waals surface area contributed by atoms with Crippen LogP contribution in [0.15, 0.2) is 66.2 Å². The fourth-order valence-electron chi connectivity index (χ4n) is 4.89. The third kappa shape index (κ3) is 4.84. The molecule has 7 heteroatoms. The van der Waals surface area contributed by atoms with Crippen molar-refractivity contribution in [2.75, 3.05) is 37.6 Å². The average molecular weight is 515 g/mol. The minimum atomic E-state index is -0.872. The highest BCUT2D eigenvalue weighted by Gasteiger charge is 2.48. The van der Waals surface area contributed by atoms with Gasteiger partial charge in [-0.15, -0.1) is 0 Å². The van der Waals surface area contributed by atoms with Crippen molar-refractivity contribution in [2.45, 2.75) is 33.2 Å². The normalized spacial score (nSPS) is 16.6. The highest BCUT2D eigenvalue weighted by atomic mass is 16.5. The molecule has 0 radical (unpaired) electrons. The van der Waals surface area contributed by atoms with Crippen LogP contribution in [0.25, 0.3) is 5.76 Å². The highest BCUT2D eigenvalue weighted by Crippen LogP contribution is 2.46.